The quantitative estimate of drug-likeness (QED) is 0.157. The molecule has 9 aromatic rings. The van der Waals surface area contributed by atoms with Gasteiger partial charge >= 0.3 is 0 Å². The van der Waals surface area contributed by atoms with Crippen molar-refractivity contribution in [2.75, 3.05) is 0 Å². The zero-order valence-corrected chi connectivity index (χ0v) is 34.7. The standard InChI is InChI=1S/C57H43N3S/c1-4-16-36(17-5-1)37-28-30-40(31-29-37)56-58-55(39-20-8-3-9-21-39)59-57(60-56)41-34-49-45-24-11-10-22-43(45)44-23-12-13-25-46(44)52(49)50(35-41)47-33-32-42(38-18-6-2-7-19-38)54-53(47)48-26-14-15-27-51(48)61-54/h1-8,10-14,16-20,22-26,28-35,55,57,59H,9,15,21,27H2,(H,58,60)/p+2. The first kappa shape index (κ1) is 36.2. The second-order valence-corrected chi connectivity index (χ2v) is 17.8. The minimum Gasteiger partial charge on any atom is -0.268 e. The van der Waals surface area contributed by atoms with E-state index in [1.165, 1.54) is 97.4 Å². The van der Waals surface area contributed by atoms with Gasteiger partial charge in [0.1, 0.15) is 0 Å². The molecule has 0 fully saturated rings. The van der Waals surface area contributed by atoms with Gasteiger partial charge in [0.05, 0.1) is 5.56 Å². The first-order valence-corrected chi connectivity index (χ1v) is 22.5. The van der Waals surface area contributed by atoms with Crippen LogP contribution in [0.5, 0.6) is 0 Å². The SMILES string of the molecule is C1=CCCC(C2[NH2+]C(c3ccc(-c4ccccc4)cc3)=NC(c3cc(-c4ccc(-c5ccccc5)c5sc6c(c45)C=CCC6)c4c5ccccc5c5ccccc5c4c3)[NH2+]2)=C1. The number of hydrogen-bond donors (Lipinski definition) is 2. The van der Waals surface area contributed by atoms with Crippen LogP contribution in [0.15, 0.2) is 193 Å². The van der Waals surface area contributed by atoms with E-state index in [0.29, 0.717) is 0 Å². The highest BCUT2D eigenvalue weighted by Crippen LogP contribution is 2.49. The predicted molar refractivity (Wildman–Crippen MR) is 258 cm³/mol. The monoisotopic (exact) mass is 803 g/mol. The number of allylic oxidation sites excluding steroid dienone is 4. The van der Waals surface area contributed by atoms with Gasteiger partial charge in [0, 0.05) is 26.1 Å². The number of aliphatic imine (C=N–C) groups is 1. The molecule has 0 saturated carbocycles. The third-order valence-electron chi connectivity index (χ3n) is 13.1. The lowest BCUT2D eigenvalue weighted by atomic mass is 9.85. The highest BCUT2D eigenvalue weighted by molar-refractivity contribution is 7.20. The van der Waals surface area contributed by atoms with Crippen LogP contribution in [0.1, 0.15) is 47.0 Å². The van der Waals surface area contributed by atoms with Crippen LogP contribution in [0, 0.1) is 0 Å². The molecular weight excluding hydrogens is 759 g/mol. The third kappa shape index (κ3) is 6.30. The van der Waals surface area contributed by atoms with E-state index in [-0.39, 0.29) is 12.3 Å². The molecule has 3 aliphatic rings. The number of aryl methyl sites for hydroxylation is 1. The van der Waals surface area contributed by atoms with E-state index in [2.05, 4.69) is 199 Å². The van der Waals surface area contributed by atoms with Crippen molar-refractivity contribution in [2.45, 2.75) is 38.0 Å². The topological polar surface area (TPSA) is 45.6 Å². The van der Waals surface area contributed by atoms with Crippen molar-refractivity contribution in [2.24, 2.45) is 4.99 Å². The summed E-state index contributed by atoms with van der Waals surface area (Å²) in [4.78, 5) is 7.17. The van der Waals surface area contributed by atoms with Gasteiger partial charge in [-0.2, -0.15) is 4.99 Å². The molecule has 0 bridgehead atoms. The van der Waals surface area contributed by atoms with Crippen molar-refractivity contribution in [1.29, 1.82) is 0 Å². The summed E-state index contributed by atoms with van der Waals surface area (Å²) >= 11 is 1.99. The van der Waals surface area contributed by atoms with Crippen LogP contribution < -0.4 is 10.6 Å². The van der Waals surface area contributed by atoms with Gasteiger partial charge in [-0.3, -0.25) is 5.32 Å². The number of hydrogen-bond acceptors (Lipinski definition) is 2. The largest absolute Gasteiger partial charge is 0.268 e. The zero-order chi connectivity index (χ0) is 40.3. The van der Waals surface area contributed by atoms with Crippen LogP contribution in [0.4, 0.5) is 0 Å². The van der Waals surface area contributed by atoms with E-state index in [9.17, 15) is 0 Å². The van der Waals surface area contributed by atoms with Crippen molar-refractivity contribution in [3.05, 3.63) is 209 Å². The molecule has 292 valence electrons. The molecule has 2 heterocycles. The fourth-order valence-corrected chi connectivity index (χ4v) is 11.5. The Morgan fingerprint density at radius 3 is 1.92 bits per heavy atom. The smallest absolute Gasteiger partial charge is 0.241 e. The average molecular weight is 804 g/mol. The number of rotatable bonds is 6. The fraction of sp³-hybridized carbons (Fsp3) is 0.105. The van der Waals surface area contributed by atoms with Gasteiger partial charge in [0.25, 0.3) is 0 Å². The van der Waals surface area contributed by atoms with Gasteiger partial charge in [0.15, 0.2) is 0 Å². The fourth-order valence-electron chi connectivity index (χ4n) is 10.2. The average Bonchev–Trinajstić information content (AvgIpc) is 3.74. The Morgan fingerprint density at radius 2 is 1.16 bits per heavy atom. The van der Waals surface area contributed by atoms with Crippen molar-refractivity contribution in [1.82, 2.24) is 0 Å². The predicted octanol–water partition coefficient (Wildman–Crippen LogP) is 12.5. The maximum atomic E-state index is 5.68. The normalized spacial score (nSPS) is 17.5. The number of nitrogens with two attached hydrogens (primary N) is 2. The summed E-state index contributed by atoms with van der Waals surface area (Å²) in [6.45, 7) is 0. The number of benzene rings is 8. The summed E-state index contributed by atoms with van der Waals surface area (Å²) in [5.41, 5.74) is 12.8. The Balaban J connectivity index is 1.12. The van der Waals surface area contributed by atoms with Gasteiger partial charge in [-0.25, -0.2) is 5.32 Å². The molecule has 0 radical (unpaired) electrons. The van der Waals surface area contributed by atoms with Crippen molar-refractivity contribution in [3.8, 4) is 33.4 Å². The van der Waals surface area contributed by atoms with Gasteiger partial charge in [-0.15, -0.1) is 11.3 Å². The van der Waals surface area contributed by atoms with Crippen LogP contribution in [0.3, 0.4) is 0 Å². The molecule has 2 unspecified atom stereocenters. The molecule has 1 aliphatic heterocycles. The Hall–Kier alpha value is -6.69. The second kappa shape index (κ2) is 15.1. The molecule has 4 N–H and O–H groups in total. The molecule has 4 heteroatoms. The van der Waals surface area contributed by atoms with Crippen molar-refractivity contribution >= 4 is 65.7 Å². The van der Waals surface area contributed by atoms with Crippen LogP contribution in [-0.2, 0) is 6.42 Å². The number of thiophene rings is 1. The van der Waals surface area contributed by atoms with Crippen molar-refractivity contribution in [3.63, 3.8) is 0 Å². The minimum atomic E-state index is -0.144. The maximum absolute atomic E-state index is 5.68. The lowest BCUT2D eigenvalue weighted by Crippen LogP contribution is -3.16. The Morgan fingerprint density at radius 1 is 0.525 bits per heavy atom. The molecular formula is C57H45N3S+2. The number of fused-ring (bicyclic) bond motifs is 9. The zero-order valence-electron chi connectivity index (χ0n) is 33.9. The van der Waals surface area contributed by atoms with Crippen LogP contribution in [0.25, 0.3) is 81.9 Å². The van der Waals surface area contributed by atoms with E-state index < -0.39 is 0 Å². The third-order valence-corrected chi connectivity index (χ3v) is 14.4. The number of quaternary nitrogens is 2. The second-order valence-electron chi connectivity index (χ2n) is 16.7. The lowest BCUT2D eigenvalue weighted by molar-refractivity contribution is -0.881. The van der Waals surface area contributed by atoms with Crippen LogP contribution in [-0.4, -0.2) is 12.0 Å². The summed E-state index contributed by atoms with van der Waals surface area (Å²) in [7, 11) is 0. The number of nitrogens with zero attached hydrogens (tertiary/aromatic N) is 1. The van der Waals surface area contributed by atoms with E-state index >= 15 is 0 Å². The molecule has 8 aromatic carbocycles. The highest BCUT2D eigenvalue weighted by atomic mass is 32.1. The molecule has 12 rings (SSSR count). The minimum absolute atomic E-state index is 0.144. The molecule has 0 saturated heterocycles. The van der Waals surface area contributed by atoms with E-state index in [1.807, 2.05) is 11.3 Å². The molecule has 2 atom stereocenters. The lowest BCUT2D eigenvalue weighted by Gasteiger charge is -2.27. The van der Waals surface area contributed by atoms with Gasteiger partial charge in [-0.1, -0.05) is 164 Å². The Labute approximate surface area is 360 Å². The maximum Gasteiger partial charge on any atom is 0.241 e. The van der Waals surface area contributed by atoms with Crippen LogP contribution >= 0.6 is 11.3 Å². The summed E-state index contributed by atoms with van der Waals surface area (Å²) in [6.07, 6.45) is 16.0. The summed E-state index contributed by atoms with van der Waals surface area (Å²) in [5, 5.41) is 14.0. The van der Waals surface area contributed by atoms with Crippen molar-refractivity contribution < 1.29 is 10.6 Å². The van der Waals surface area contributed by atoms with Gasteiger partial charge < -0.3 is 0 Å². The van der Waals surface area contributed by atoms with Crippen LogP contribution in [0.2, 0.25) is 0 Å². The highest BCUT2D eigenvalue weighted by Gasteiger charge is 2.35. The summed E-state index contributed by atoms with van der Waals surface area (Å²) in [6, 6.07) is 58.4. The Bertz CT molecular complexity index is 3300. The molecule has 3 nitrogen and oxygen atoms in total. The van der Waals surface area contributed by atoms with E-state index in [4.69, 9.17) is 4.99 Å². The Kier molecular flexibility index (Phi) is 8.95. The van der Waals surface area contributed by atoms with Gasteiger partial charge in [0.2, 0.25) is 18.2 Å². The summed E-state index contributed by atoms with van der Waals surface area (Å²) < 4.78 is 1.37. The molecule has 0 amide bonds. The van der Waals surface area contributed by atoms with E-state index in [1.54, 1.807) is 0 Å². The first-order chi connectivity index (χ1) is 30.2. The number of amidine groups is 1. The molecule has 0 spiro atoms. The van der Waals surface area contributed by atoms with Gasteiger partial charge in [-0.05, 0) is 121 Å². The molecule has 1 aromatic heterocycles. The summed E-state index contributed by atoms with van der Waals surface area (Å²) in [5.74, 6) is 1.06. The molecule has 2 aliphatic carbocycles. The van der Waals surface area contributed by atoms with E-state index in [0.717, 1.165) is 37.1 Å². The first-order valence-electron chi connectivity index (χ1n) is 21.7. The molecule has 61 heavy (non-hydrogen) atoms.